The lowest BCUT2D eigenvalue weighted by Gasteiger charge is -2.00. The molecule has 2 aromatic carbocycles. The highest BCUT2D eigenvalue weighted by atomic mass is 35.5. The lowest BCUT2D eigenvalue weighted by Crippen LogP contribution is -1.87. The zero-order valence-electron chi connectivity index (χ0n) is 10.4. The highest BCUT2D eigenvalue weighted by Gasteiger charge is 1.96. The highest BCUT2D eigenvalue weighted by Crippen LogP contribution is 2.23. The SMILES string of the molecule is Cc1cc(N=Nc2ccccc2C)ccc1N.Cl. The van der Waals surface area contributed by atoms with E-state index in [0.717, 1.165) is 28.2 Å². The fourth-order valence-electron chi connectivity index (χ4n) is 1.51. The summed E-state index contributed by atoms with van der Waals surface area (Å²) < 4.78 is 0. The quantitative estimate of drug-likeness (QED) is 0.617. The number of hydrogen-bond donors (Lipinski definition) is 1. The Bertz CT molecular complexity index is 565. The molecular formula is C14H16ClN3. The first-order valence-electron chi connectivity index (χ1n) is 5.50. The maximum atomic E-state index is 5.75. The monoisotopic (exact) mass is 261 g/mol. The van der Waals surface area contributed by atoms with Crippen LogP contribution in [0.1, 0.15) is 11.1 Å². The van der Waals surface area contributed by atoms with Crippen molar-refractivity contribution in [3.8, 4) is 0 Å². The normalized spacial score (nSPS) is 10.3. The van der Waals surface area contributed by atoms with Crippen molar-refractivity contribution in [1.82, 2.24) is 0 Å². The van der Waals surface area contributed by atoms with Crippen molar-refractivity contribution in [2.24, 2.45) is 10.2 Å². The Balaban J connectivity index is 0.00000162. The van der Waals surface area contributed by atoms with Gasteiger partial charge in [-0.2, -0.15) is 10.2 Å². The van der Waals surface area contributed by atoms with Gasteiger partial charge in [-0.05, 0) is 49.2 Å². The standard InChI is InChI=1S/C14H15N3.ClH/c1-10-5-3-4-6-14(10)17-16-12-7-8-13(15)11(2)9-12;/h3-9H,15H2,1-2H3;1H. The van der Waals surface area contributed by atoms with Gasteiger partial charge in [0.1, 0.15) is 0 Å². The van der Waals surface area contributed by atoms with Crippen LogP contribution in [0.5, 0.6) is 0 Å². The average Bonchev–Trinajstić information content (AvgIpc) is 2.32. The molecule has 2 rings (SSSR count). The van der Waals surface area contributed by atoms with Crippen molar-refractivity contribution in [1.29, 1.82) is 0 Å². The number of rotatable bonds is 2. The van der Waals surface area contributed by atoms with Gasteiger partial charge in [-0.1, -0.05) is 18.2 Å². The van der Waals surface area contributed by atoms with Crippen LogP contribution in [-0.4, -0.2) is 0 Å². The summed E-state index contributed by atoms with van der Waals surface area (Å²) >= 11 is 0. The summed E-state index contributed by atoms with van der Waals surface area (Å²) in [5.41, 5.74) is 10.4. The van der Waals surface area contributed by atoms with E-state index in [-0.39, 0.29) is 12.4 Å². The van der Waals surface area contributed by atoms with Crippen LogP contribution in [0.4, 0.5) is 17.1 Å². The van der Waals surface area contributed by atoms with E-state index in [1.165, 1.54) is 0 Å². The third-order valence-electron chi connectivity index (χ3n) is 2.64. The van der Waals surface area contributed by atoms with E-state index in [1.54, 1.807) is 0 Å². The molecule has 0 radical (unpaired) electrons. The molecule has 94 valence electrons. The van der Waals surface area contributed by atoms with Crippen molar-refractivity contribution in [2.75, 3.05) is 5.73 Å². The van der Waals surface area contributed by atoms with E-state index in [4.69, 9.17) is 5.73 Å². The van der Waals surface area contributed by atoms with Gasteiger partial charge in [-0.25, -0.2) is 0 Å². The van der Waals surface area contributed by atoms with E-state index >= 15 is 0 Å². The van der Waals surface area contributed by atoms with Gasteiger partial charge >= 0.3 is 0 Å². The summed E-state index contributed by atoms with van der Waals surface area (Å²) in [4.78, 5) is 0. The highest BCUT2D eigenvalue weighted by molar-refractivity contribution is 5.85. The average molecular weight is 262 g/mol. The molecule has 2 aromatic rings. The molecule has 4 heteroatoms. The van der Waals surface area contributed by atoms with Crippen LogP contribution in [0.15, 0.2) is 52.7 Å². The summed E-state index contributed by atoms with van der Waals surface area (Å²) in [6.45, 7) is 3.98. The Morgan fingerprint density at radius 1 is 0.889 bits per heavy atom. The largest absolute Gasteiger partial charge is 0.399 e. The maximum absolute atomic E-state index is 5.75. The predicted octanol–water partition coefficient (Wildman–Crippen LogP) is 4.72. The number of benzene rings is 2. The molecule has 0 fully saturated rings. The Kier molecular flexibility index (Phi) is 4.86. The van der Waals surface area contributed by atoms with Crippen LogP contribution >= 0.6 is 12.4 Å². The van der Waals surface area contributed by atoms with Gasteiger partial charge in [0.2, 0.25) is 0 Å². The lowest BCUT2D eigenvalue weighted by molar-refractivity contribution is 1.20. The van der Waals surface area contributed by atoms with Crippen molar-refractivity contribution >= 4 is 29.5 Å². The molecule has 3 nitrogen and oxygen atoms in total. The van der Waals surface area contributed by atoms with E-state index in [0.29, 0.717) is 0 Å². The smallest absolute Gasteiger partial charge is 0.0886 e. The summed E-state index contributed by atoms with van der Waals surface area (Å²) in [6, 6.07) is 13.5. The molecule has 0 unspecified atom stereocenters. The fraction of sp³-hybridized carbons (Fsp3) is 0.143. The molecule has 2 N–H and O–H groups in total. The van der Waals surface area contributed by atoms with Crippen LogP contribution < -0.4 is 5.73 Å². The fourth-order valence-corrected chi connectivity index (χ4v) is 1.51. The van der Waals surface area contributed by atoms with Gasteiger partial charge in [-0.15, -0.1) is 12.4 Å². The molecule has 0 aliphatic rings. The topological polar surface area (TPSA) is 50.7 Å². The first kappa shape index (κ1) is 14.2. The summed E-state index contributed by atoms with van der Waals surface area (Å²) in [6.07, 6.45) is 0. The van der Waals surface area contributed by atoms with Gasteiger partial charge in [0.25, 0.3) is 0 Å². The predicted molar refractivity (Wildman–Crippen MR) is 78.2 cm³/mol. The van der Waals surface area contributed by atoms with Gasteiger partial charge in [-0.3, -0.25) is 0 Å². The van der Waals surface area contributed by atoms with Crippen LogP contribution in [0.3, 0.4) is 0 Å². The van der Waals surface area contributed by atoms with Gasteiger partial charge < -0.3 is 5.73 Å². The van der Waals surface area contributed by atoms with Crippen molar-refractivity contribution in [3.63, 3.8) is 0 Å². The summed E-state index contributed by atoms with van der Waals surface area (Å²) in [5.74, 6) is 0. The number of hydrogen-bond acceptors (Lipinski definition) is 3. The summed E-state index contributed by atoms with van der Waals surface area (Å²) in [7, 11) is 0. The van der Waals surface area contributed by atoms with Crippen molar-refractivity contribution in [3.05, 3.63) is 53.6 Å². The number of nitrogens with two attached hydrogens (primary N) is 1. The molecule has 18 heavy (non-hydrogen) atoms. The molecule has 0 spiro atoms. The molecule has 0 atom stereocenters. The van der Waals surface area contributed by atoms with Crippen molar-refractivity contribution < 1.29 is 0 Å². The van der Waals surface area contributed by atoms with Gasteiger partial charge in [0.15, 0.2) is 0 Å². The number of aryl methyl sites for hydroxylation is 2. The molecule has 0 aromatic heterocycles. The minimum absolute atomic E-state index is 0. The van der Waals surface area contributed by atoms with Crippen LogP contribution in [-0.2, 0) is 0 Å². The first-order valence-corrected chi connectivity index (χ1v) is 5.50. The van der Waals surface area contributed by atoms with Crippen LogP contribution in [0, 0.1) is 13.8 Å². The zero-order valence-corrected chi connectivity index (χ0v) is 11.2. The second-order valence-corrected chi connectivity index (χ2v) is 4.03. The zero-order chi connectivity index (χ0) is 12.3. The van der Waals surface area contributed by atoms with Crippen molar-refractivity contribution in [2.45, 2.75) is 13.8 Å². The number of anilines is 1. The molecule has 0 saturated carbocycles. The summed E-state index contributed by atoms with van der Waals surface area (Å²) in [5, 5.41) is 8.44. The molecule has 0 amide bonds. The van der Waals surface area contributed by atoms with Crippen LogP contribution in [0.2, 0.25) is 0 Å². The minimum Gasteiger partial charge on any atom is -0.399 e. The molecule has 0 saturated heterocycles. The molecule has 0 heterocycles. The van der Waals surface area contributed by atoms with Gasteiger partial charge in [0.05, 0.1) is 11.4 Å². The number of nitrogen functional groups attached to an aromatic ring is 1. The third kappa shape index (κ3) is 3.31. The second kappa shape index (κ2) is 6.17. The lowest BCUT2D eigenvalue weighted by atomic mass is 10.2. The maximum Gasteiger partial charge on any atom is 0.0886 e. The Morgan fingerprint density at radius 2 is 1.61 bits per heavy atom. The molecule has 0 aliphatic heterocycles. The van der Waals surface area contributed by atoms with E-state index in [9.17, 15) is 0 Å². The molecule has 0 aliphatic carbocycles. The van der Waals surface area contributed by atoms with Gasteiger partial charge in [0, 0.05) is 5.69 Å². The van der Waals surface area contributed by atoms with E-state index < -0.39 is 0 Å². The van der Waals surface area contributed by atoms with E-state index in [1.807, 2.05) is 56.3 Å². The Hall–Kier alpha value is -1.87. The number of nitrogens with zero attached hydrogens (tertiary/aromatic N) is 2. The third-order valence-corrected chi connectivity index (χ3v) is 2.64. The molecule has 0 bridgehead atoms. The number of halogens is 1. The Morgan fingerprint density at radius 3 is 2.28 bits per heavy atom. The Labute approximate surface area is 113 Å². The van der Waals surface area contributed by atoms with Crippen LogP contribution in [0.25, 0.3) is 0 Å². The molecular weight excluding hydrogens is 246 g/mol. The minimum atomic E-state index is 0. The van der Waals surface area contributed by atoms with E-state index in [2.05, 4.69) is 10.2 Å². The first-order chi connectivity index (χ1) is 8.16. The number of azo groups is 1. The second-order valence-electron chi connectivity index (χ2n) is 4.03.